The summed E-state index contributed by atoms with van der Waals surface area (Å²) < 4.78 is 5.95. The lowest BCUT2D eigenvalue weighted by molar-refractivity contribution is -0.385. The molecule has 0 unspecified atom stereocenters. The second-order valence-electron chi connectivity index (χ2n) is 8.75. The van der Waals surface area contributed by atoms with E-state index in [9.17, 15) is 14.9 Å². The molecule has 2 heterocycles. The van der Waals surface area contributed by atoms with E-state index in [4.69, 9.17) is 4.74 Å². The Labute approximate surface area is 193 Å². The molecule has 1 aromatic carbocycles. The fraction of sp³-hybridized carbons (Fsp3) is 0.500. The van der Waals surface area contributed by atoms with E-state index >= 15 is 0 Å². The molecule has 1 amide bonds. The van der Waals surface area contributed by atoms with Crippen molar-refractivity contribution < 1.29 is 14.5 Å². The summed E-state index contributed by atoms with van der Waals surface area (Å²) in [5, 5.41) is 14.3. The average Bonchev–Trinajstić information content (AvgIpc) is 2.84. The molecule has 2 aliphatic rings. The molecule has 0 atom stereocenters. The molecular formula is C24H31N5O4. The Kier molecular flexibility index (Phi) is 7.39. The van der Waals surface area contributed by atoms with Crippen molar-refractivity contribution in [1.29, 1.82) is 0 Å². The molecule has 9 nitrogen and oxygen atoms in total. The molecule has 176 valence electrons. The standard InChI is InChI=1S/C24H31N5O4/c1-18-15-23(25-16-22(18)29(31)32)26-19-7-9-21(10-8-19)33-17-24(30)28-13-11-27(12-14-28)20-5-3-2-4-6-20/h2-6,15-16,19,21H,7-14,17H2,1H3,(H,25,26). The third kappa shape index (κ3) is 5.98. The molecule has 1 saturated heterocycles. The zero-order valence-electron chi connectivity index (χ0n) is 19.0. The lowest BCUT2D eigenvalue weighted by Gasteiger charge is -2.36. The number of nitro groups is 1. The number of aryl methyl sites for hydroxylation is 1. The van der Waals surface area contributed by atoms with Gasteiger partial charge in [-0.1, -0.05) is 18.2 Å². The summed E-state index contributed by atoms with van der Waals surface area (Å²) in [6.45, 7) is 4.96. The smallest absolute Gasteiger partial charge is 0.290 e. The van der Waals surface area contributed by atoms with Crippen molar-refractivity contribution in [1.82, 2.24) is 9.88 Å². The van der Waals surface area contributed by atoms with Crippen LogP contribution in [-0.2, 0) is 9.53 Å². The highest BCUT2D eigenvalue weighted by Gasteiger charge is 2.25. The molecule has 9 heteroatoms. The number of carbonyl (C=O) groups is 1. The van der Waals surface area contributed by atoms with Crippen molar-refractivity contribution >= 4 is 23.1 Å². The van der Waals surface area contributed by atoms with Gasteiger partial charge >= 0.3 is 0 Å². The van der Waals surface area contributed by atoms with E-state index in [2.05, 4.69) is 27.3 Å². The summed E-state index contributed by atoms with van der Waals surface area (Å²) in [5.41, 5.74) is 1.83. The van der Waals surface area contributed by atoms with Gasteiger partial charge in [0.2, 0.25) is 5.91 Å². The second-order valence-corrected chi connectivity index (χ2v) is 8.75. The molecule has 2 fully saturated rings. The third-order valence-corrected chi connectivity index (χ3v) is 6.50. The summed E-state index contributed by atoms with van der Waals surface area (Å²) in [6, 6.07) is 12.3. The van der Waals surface area contributed by atoms with Crippen molar-refractivity contribution in [3.63, 3.8) is 0 Å². The van der Waals surface area contributed by atoms with Crippen LogP contribution in [0.1, 0.15) is 31.2 Å². The van der Waals surface area contributed by atoms with Crippen LogP contribution >= 0.6 is 0 Å². The molecular weight excluding hydrogens is 422 g/mol. The molecule has 4 rings (SSSR count). The summed E-state index contributed by atoms with van der Waals surface area (Å²) >= 11 is 0. The predicted molar refractivity (Wildman–Crippen MR) is 126 cm³/mol. The van der Waals surface area contributed by atoms with Gasteiger partial charge in [0, 0.05) is 43.5 Å². The molecule has 2 aromatic rings. The van der Waals surface area contributed by atoms with Gasteiger partial charge in [0.05, 0.1) is 11.0 Å². The number of carbonyl (C=O) groups excluding carboxylic acids is 1. The summed E-state index contributed by atoms with van der Waals surface area (Å²) in [5.74, 6) is 0.723. The predicted octanol–water partition coefficient (Wildman–Crippen LogP) is 3.39. The number of rotatable bonds is 7. The van der Waals surface area contributed by atoms with Crippen molar-refractivity contribution in [2.24, 2.45) is 0 Å². The molecule has 1 aliphatic carbocycles. The summed E-state index contributed by atoms with van der Waals surface area (Å²) in [6.07, 6.45) is 4.96. The Balaban J connectivity index is 1.16. The molecule has 0 spiro atoms. The quantitative estimate of drug-likeness (QED) is 0.507. The minimum Gasteiger partial charge on any atom is -0.368 e. The van der Waals surface area contributed by atoms with E-state index in [1.807, 2.05) is 23.1 Å². The topological polar surface area (TPSA) is 101 Å². The lowest BCUT2D eigenvalue weighted by atomic mass is 9.93. The van der Waals surface area contributed by atoms with E-state index in [0.717, 1.165) is 51.9 Å². The number of para-hydroxylation sites is 1. The number of nitrogens with zero attached hydrogens (tertiary/aromatic N) is 4. The molecule has 1 aromatic heterocycles. The highest BCUT2D eigenvalue weighted by molar-refractivity contribution is 5.77. The van der Waals surface area contributed by atoms with Crippen molar-refractivity contribution in [2.45, 2.75) is 44.8 Å². The van der Waals surface area contributed by atoms with Crippen LogP contribution in [-0.4, -0.2) is 65.6 Å². The van der Waals surface area contributed by atoms with Gasteiger partial charge in [-0.25, -0.2) is 4.98 Å². The first kappa shape index (κ1) is 23.0. The highest BCUT2D eigenvalue weighted by atomic mass is 16.6. The highest BCUT2D eigenvalue weighted by Crippen LogP contribution is 2.25. The Bertz CT molecular complexity index is 955. The monoisotopic (exact) mass is 453 g/mol. The number of aromatic nitrogens is 1. The third-order valence-electron chi connectivity index (χ3n) is 6.50. The molecule has 33 heavy (non-hydrogen) atoms. The largest absolute Gasteiger partial charge is 0.368 e. The SMILES string of the molecule is Cc1cc(NC2CCC(OCC(=O)N3CCN(c4ccccc4)CC3)CC2)ncc1[N+](=O)[O-]. The summed E-state index contributed by atoms with van der Waals surface area (Å²) in [4.78, 5) is 31.5. The van der Waals surface area contributed by atoms with E-state index in [1.165, 1.54) is 11.9 Å². The maximum Gasteiger partial charge on any atom is 0.290 e. The first-order valence-corrected chi connectivity index (χ1v) is 11.6. The average molecular weight is 454 g/mol. The molecule has 0 radical (unpaired) electrons. The zero-order chi connectivity index (χ0) is 23.2. The Morgan fingerprint density at radius 1 is 1.15 bits per heavy atom. The van der Waals surface area contributed by atoms with Crippen LogP contribution in [0.4, 0.5) is 17.2 Å². The van der Waals surface area contributed by atoms with E-state index in [1.54, 1.807) is 13.0 Å². The minimum atomic E-state index is -0.418. The Morgan fingerprint density at radius 3 is 2.48 bits per heavy atom. The van der Waals surface area contributed by atoms with Crippen LogP contribution in [0.2, 0.25) is 0 Å². The van der Waals surface area contributed by atoms with Crippen LogP contribution in [0.25, 0.3) is 0 Å². The number of ether oxygens (including phenoxy) is 1. The van der Waals surface area contributed by atoms with Crippen LogP contribution in [0, 0.1) is 17.0 Å². The first-order chi connectivity index (χ1) is 16.0. The number of pyridine rings is 1. The maximum atomic E-state index is 12.6. The number of benzene rings is 1. The normalized spacial score (nSPS) is 21.0. The van der Waals surface area contributed by atoms with Gasteiger partial charge < -0.3 is 19.9 Å². The minimum absolute atomic E-state index is 0.0313. The van der Waals surface area contributed by atoms with Crippen LogP contribution in [0.3, 0.4) is 0 Å². The summed E-state index contributed by atoms with van der Waals surface area (Å²) in [7, 11) is 0. The Hall–Kier alpha value is -3.20. The van der Waals surface area contributed by atoms with E-state index < -0.39 is 4.92 Å². The van der Waals surface area contributed by atoms with Crippen molar-refractivity contribution in [2.75, 3.05) is 43.0 Å². The van der Waals surface area contributed by atoms with Crippen LogP contribution in [0.5, 0.6) is 0 Å². The number of piperazine rings is 1. The van der Waals surface area contributed by atoms with Gasteiger partial charge in [0.25, 0.3) is 5.69 Å². The van der Waals surface area contributed by atoms with Gasteiger partial charge in [-0.3, -0.25) is 14.9 Å². The fourth-order valence-corrected chi connectivity index (χ4v) is 4.54. The van der Waals surface area contributed by atoms with Crippen LogP contribution in [0.15, 0.2) is 42.6 Å². The second kappa shape index (κ2) is 10.6. The van der Waals surface area contributed by atoms with Gasteiger partial charge in [0.1, 0.15) is 18.6 Å². The molecule has 1 N–H and O–H groups in total. The zero-order valence-corrected chi connectivity index (χ0v) is 19.0. The number of hydrogen-bond donors (Lipinski definition) is 1. The van der Waals surface area contributed by atoms with Gasteiger partial charge in [0.15, 0.2) is 0 Å². The number of hydrogen-bond acceptors (Lipinski definition) is 7. The number of anilines is 2. The first-order valence-electron chi connectivity index (χ1n) is 11.6. The van der Waals surface area contributed by atoms with Gasteiger partial charge in [-0.05, 0) is 50.8 Å². The number of amides is 1. The van der Waals surface area contributed by atoms with Crippen LogP contribution < -0.4 is 10.2 Å². The Morgan fingerprint density at radius 2 is 1.85 bits per heavy atom. The number of nitrogens with one attached hydrogen (secondary N) is 1. The molecule has 1 aliphatic heterocycles. The molecule has 1 saturated carbocycles. The van der Waals surface area contributed by atoms with Gasteiger partial charge in [-0.2, -0.15) is 0 Å². The van der Waals surface area contributed by atoms with Crippen molar-refractivity contribution in [3.05, 3.63) is 58.3 Å². The maximum absolute atomic E-state index is 12.6. The van der Waals surface area contributed by atoms with E-state index in [-0.39, 0.29) is 30.3 Å². The van der Waals surface area contributed by atoms with E-state index in [0.29, 0.717) is 11.4 Å². The lowest BCUT2D eigenvalue weighted by Crippen LogP contribution is -2.50. The van der Waals surface area contributed by atoms with Gasteiger partial charge in [-0.15, -0.1) is 0 Å². The molecule has 0 bridgehead atoms. The fourth-order valence-electron chi connectivity index (χ4n) is 4.54. The van der Waals surface area contributed by atoms with Crippen molar-refractivity contribution in [3.8, 4) is 0 Å².